The van der Waals surface area contributed by atoms with Crippen molar-refractivity contribution < 1.29 is 13.9 Å². The standard InChI is InChI=1S/C18H25N3O3/c1-12-5-6-15(24-12)7-8-17(22)21-9-10-23-11-16(21)18-13(2)19-20(4)14(18)3/h5-6,16H,7-11H2,1-4H3/t16-/m0/s1. The van der Waals surface area contributed by atoms with Gasteiger partial charge in [-0.3, -0.25) is 9.48 Å². The van der Waals surface area contributed by atoms with E-state index < -0.39 is 0 Å². The first-order valence-electron chi connectivity index (χ1n) is 8.40. The minimum absolute atomic E-state index is 0.0571. The molecule has 1 amide bonds. The SMILES string of the molecule is Cc1ccc(CCC(=O)N2CCOC[C@H]2c2c(C)nn(C)c2C)o1. The molecule has 6 heteroatoms. The van der Waals surface area contributed by atoms with Gasteiger partial charge in [-0.15, -0.1) is 0 Å². The van der Waals surface area contributed by atoms with Gasteiger partial charge < -0.3 is 14.1 Å². The molecule has 0 N–H and O–H groups in total. The van der Waals surface area contributed by atoms with Crippen LogP contribution in [-0.2, 0) is 23.0 Å². The van der Waals surface area contributed by atoms with Crippen LogP contribution in [-0.4, -0.2) is 40.3 Å². The second-order valence-corrected chi connectivity index (χ2v) is 6.40. The van der Waals surface area contributed by atoms with Crippen molar-refractivity contribution >= 4 is 5.91 Å². The normalized spacial score (nSPS) is 18.2. The van der Waals surface area contributed by atoms with Crippen molar-refractivity contribution in [1.82, 2.24) is 14.7 Å². The molecular weight excluding hydrogens is 306 g/mol. The van der Waals surface area contributed by atoms with Gasteiger partial charge >= 0.3 is 0 Å². The maximum atomic E-state index is 12.8. The molecule has 1 aliphatic rings. The van der Waals surface area contributed by atoms with Crippen LogP contribution in [0.2, 0.25) is 0 Å². The predicted octanol–water partition coefficient (Wildman–Crippen LogP) is 2.47. The Hall–Kier alpha value is -2.08. The Morgan fingerprint density at radius 2 is 2.12 bits per heavy atom. The van der Waals surface area contributed by atoms with Crippen LogP contribution in [0.25, 0.3) is 0 Å². The highest BCUT2D eigenvalue weighted by molar-refractivity contribution is 5.77. The third-order valence-corrected chi connectivity index (χ3v) is 4.73. The van der Waals surface area contributed by atoms with Gasteiger partial charge in [0.2, 0.25) is 5.91 Å². The fraction of sp³-hybridized carbons (Fsp3) is 0.556. The number of aromatic nitrogens is 2. The van der Waals surface area contributed by atoms with Gasteiger partial charge in [0.1, 0.15) is 11.5 Å². The minimum atomic E-state index is -0.0571. The van der Waals surface area contributed by atoms with Crippen LogP contribution in [0.1, 0.15) is 40.9 Å². The van der Waals surface area contributed by atoms with E-state index in [0.29, 0.717) is 32.6 Å². The van der Waals surface area contributed by atoms with Crippen molar-refractivity contribution in [2.45, 2.75) is 39.7 Å². The summed E-state index contributed by atoms with van der Waals surface area (Å²) in [5, 5.41) is 4.48. The molecule has 130 valence electrons. The molecule has 1 fully saturated rings. The third kappa shape index (κ3) is 3.24. The van der Waals surface area contributed by atoms with Gasteiger partial charge in [-0.05, 0) is 32.9 Å². The second-order valence-electron chi connectivity index (χ2n) is 6.40. The number of furan rings is 1. The summed E-state index contributed by atoms with van der Waals surface area (Å²) in [4.78, 5) is 14.7. The Morgan fingerprint density at radius 1 is 1.33 bits per heavy atom. The summed E-state index contributed by atoms with van der Waals surface area (Å²) < 4.78 is 13.1. The van der Waals surface area contributed by atoms with E-state index in [-0.39, 0.29) is 11.9 Å². The Kier molecular flexibility index (Phi) is 4.76. The van der Waals surface area contributed by atoms with Crippen LogP contribution < -0.4 is 0 Å². The largest absolute Gasteiger partial charge is 0.466 e. The van der Waals surface area contributed by atoms with E-state index >= 15 is 0 Å². The molecular formula is C18H25N3O3. The number of ether oxygens (including phenoxy) is 1. The summed E-state index contributed by atoms with van der Waals surface area (Å²) in [5.41, 5.74) is 3.16. The van der Waals surface area contributed by atoms with Crippen molar-refractivity contribution in [3.05, 3.63) is 40.6 Å². The number of carbonyl (C=O) groups is 1. The van der Waals surface area contributed by atoms with E-state index in [1.165, 1.54) is 0 Å². The molecule has 3 heterocycles. The zero-order valence-electron chi connectivity index (χ0n) is 14.8. The quantitative estimate of drug-likeness (QED) is 0.863. The monoisotopic (exact) mass is 331 g/mol. The number of nitrogens with zero attached hydrogens (tertiary/aromatic N) is 3. The lowest BCUT2D eigenvalue weighted by molar-refractivity contribution is -0.140. The fourth-order valence-electron chi connectivity index (χ4n) is 3.41. The maximum Gasteiger partial charge on any atom is 0.223 e. The van der Waals surface area contributed by atoms with Crippen LogP contribution in [0.15, 0.2) is 16.5 Å². The van der Waals surface area contributed by atoms with Gasteiger partial charge in [0.25, 0.3) is 0 Å². The molecule has 0 saturated carbocycles. The van der Waals surface area contributed by atoms with Crippen LogP contribution in [0.4, 0.5) is 0 Å². The van der Waals surface area contributed by atoms with E-state index in [1.807, 2.05) is 49.5 Å². The molecule has 6 nitrogen and oxygen atoms in total. The van der Waals surface area contributed by atoms with Crippen molar-refractivity contribution in [3.63, 3.8) is 0 Å². The molecule has 1 saturated heterocycles. The minimum Gasteiger partial charge on any atom is -0.466 e. The van der Waals surface area contributed by atoms with E-state index in [1.54, 1.807) is 0 Å². The van der Waals surface area contributed by atoms with Gasteiger partial charge in [-0.25, -0.2) is 0 Å². The predicted molar refractivity (Wildman–Crippen MR) is 89.7 cm³/mol. The Bertz CT molecular complexity index is 732. The lowest BCUT2D eigenvalue weighted by Gasteiger charge is -2.36. The molecule has 0 unspecified atom stereocenters. The van der Waals surface area contributed by atoms with Gasteiger partial charge in [0.05, 0.1) is 24.9 Å². The molecule has 0 bridgehead atoms. The zero-order chi connectivity index (χ0) is 17.3. The highest BCUT2D eigenvalue weighted by atomic mass is 16.5. The number of rotatable bonds is 4. The summed E-state index contributed by atoms with van der Waals surface area (Å²) in [7, 11) is 1.93. The zero-order valence-corrected chi connectivity index (χ0v) is 14.8. The highest BCUT2D eigenvalue weighted by Crippen LogP contribution is 2.29. The summed E-state index contributed by atoms with van der Waals surface area (Å²) in [6, 6.07) is 3.81. The molecule has 0 aromatic carbocycles. The molecule has 3 rings (SSSR count). The summed E-state index contributed by atoms with van der Waals surface area (Å²) in [5.74, 6) is 1.88. The summed E-state index contributed by atoms with van der Waals surface area (Å²) in [6.45, 7) is 7.68. The first-order chi connectivity index (χ1) is 11.5. The summed E-state index contributed by atoms with van der Waals surface area (Å²) in [6.07, 6.45) is 1.07. The number of carbonyl (C=O) groups excluding carboxylic acids is 1. The molecule has 1 atom stereocenters. The van der Waals surface area contributed by atoms with Gasteiger partial charge in [-0.1, -0.05) is 0 Å². The van der Waals surface area contributed by atoms with E-state index in [4.69, 9.17) is 9.15 Å². The second kappa shape index (κ2) is 6.81. The molecule has 2 aromatic heterocycles. The molecule has 0 radical (unpaired) electrons. The number of aryl methyl sites for hydroxylation is 4. The number of morpholine rings is 1. The van der Waals surface area contributed by atoms with Crippen molar-refractivity contribution in [3.8, 4) is 0 Å². The molecule has 24 heavy (non-hydrogen) atoms. The Balaban J connectivity index is 1.75. The average molecular weight is 331 g/mol. The van der Waals surface area contributed by atoms with E-state index in [0.717, 1.165) is 28.5 Å². The van der Waals surface area contributed by atoms with Crippen LogP contribution in [0.3, 0.4) is 0 Å². The number of amides is 1. The number of hydrogen-bond donors (Lipinski definition) is 0. The van der Waals surface area contributed by atoms with Crippen molar-refractivity contribution in [1.29, 1.82) is 0 Å². The van der Waals surface area contributed by atoms with Crippen LogP contribution in [0, 0.1) is 20.8 Å². The van der Waals surface area contributed by atoms with Crippen molar-refractivity contribution in [2.75, 3.05) is 19.8 Å². The van der Waals surface area contributed by atoms with Gasteiger partial charge in [0, 0.05) is 37.7 Å². The summed E-state index contributed by atoms with van der Waals surface area (Å²) >= 11 is 0. The molecule has 2 aromatic rings. The lowest BCUT2D eigenvalue weighted by Crippen LogP contribution is -2.43. The van der Waals surface area contributed by atoms with Crippen LogP contribution >= 0.6 is 0 Å². The maximum absolute atomic E-state index is 12.8. The molecule has 0 aliphatic carbocycles. The van der Waals surface area contributed by atoms with Gasteiger partial charge in [0.15, 0.2) is 0 Å². The van der Waals surface area contributed by atoms with E-state index in [9.17, 15) is 4.79 Å². The number of hydrogen-bond acceptors (Lipinski definition) is 4. The van der Waals surface area contributed by atoms with Crippen LogP contribution in [0.5, 0.6) is 0 Å². The van der Waals surface area contributed by atoms with E-state index in [2.05, 4.69) is 5.10 Å². The molecule has 0 spiro atoms. The van der Waals surface area contributed by atoms with Crippen molar-refractivity contribution in [2.24, 2.45) is 7.05 Å². The first-order valence-corrected chi connectivity index (χ1v) is 8.40. The highest BCUT2D eigenvalue weighted by Gasteiger charge is 2.32. The third-order valence-electron chi connectivity index (χ3n) is 4.73. The average Bonchev–Trinajstić information content (AvgIpc) is 3.08. The topological polar surface area (TPSA) is 60.5 Å². The Morgan fingerprint density at radius 3 is 2.75 bits per heavy atom. The molecule has 1 aliphatic heterocycles. The fourth-order valence-corrected chi connectivity index (χ4v) is 3.41. The Labute approximate surface area is 142 Å². The first kappa shape index (κ1) is 16.8. The lowest BCUT2D eigenvalue weighted by atomic mass is 10.0. The smallest absolute Gasteiger partial charge is 0.223 e. The van der Waals surface area contributed by atoms with Gasteiger partial charge in [-0.2, -0.15) is 5.10 Å².